The van der Waals surface area contributed by atoms with Crippen LogP contribution >= 0.6 is 0 Å². The molecule has 0 aliphatic carbocycles. The van der Waals surface area contributed by atoms with Gasteiger partial charge in [0, 0.05) is 25.8 Å². The molecule has 0 N–H and O–H groups in total. The van der Waals surface area contributed by atoms with Crippen LogP contribution in [0.4, 0.5) is 5.69 Å². The average molecular weight is 243 g/mol. The van der Waals surface area contributed by atoms with Crippen LogP contribution in [0, 0.1) is 11.3 Å². The smallest absolute Gasteiger partial charge is 0.316 e. The molecule has 1 aromatic carbocycles. The van der Waals surface area contributed by atoms with Crippen molar-refractivity contribution in [1.29, 1.82) is 5.26 Å². The summed E-state index contributed by atoms with van der Waals surface area (Å²) in [5.41, 5.74) is 1.59. The van der Waals surface area contributed by atoms with Gasteiger partial charge in [-0.2, -0.15) is 5.26 Å². The molecule has 0 unspecified atom stereocenters. The molecule has 0 radical (unpaired) electrons. The molecular weight excluding hydrogens is 230 g/mol. The van der Waals surface area contributed by atoms with Crippen LogP contribution in [0.15, 0.2) is 24.3 Å². The van der Waals surface area contributed by atoms with Gasteiger partial charge in [-0.1, -0.05) is 12.1 Å². The fourth-order valence-electron chi connectivity index (χ4n) is 1.86. The van der Waals surface area contributed by atoms with Crippen LogP contribution < -0.4 is 4.90 Å². The van der Waals surface area contributed by atoms with E-state index in [1.165, 1.54) is 9.80 Å². The fourth-order valence-corrected chi connectivity index (χ4v) is 1.86. The minimum absolute atomic E-state index is 0.343. The van der Waals surface area contributed by atoms with Crippen LogP contribution in [0.25, 0.3) is 0 Å². The minimum atomic E-state index is -0.503. The van der Waals surface area contributed by atoms with Gasteiger partial charge >= 0.3 is 11.8 Å². The number of carbonyl (C=O) groups is 2. The summed E-state index contributed by atoms with van der Waals surface area (Å²) in [4.78, 5) is 26.3. The number of amides is 2. The largest absolute Gasteiger partial charge is 0.336 e. The number of nitrogens with zero attached hydrogens (tertiary/aromatic N) is 3. The second-order valence-corrected chi connectivity index (χ2v) is 4.18. The summed E-state index contributed by atoms with van der Waals surface area (Å²) in [6.07, 6.45) is 0.343. The maximum atomic E-state index is 11.8. The van der Waals surface area contributed by atoms with Crippen molar-refractivity contribution in [3.8, 4) is 6.07 Å². The molecule has 1 saturated heterocycles. The SMILES string of the molecule is CN1CCN(c2ccc(CC#N)cc2)C(=O)C1=O. The van der Waals surface area contributed by atoms with Gasteiger partial charge in [0.1, 0.15) is 0 Å². The highest BCUT2D eigenvalue weighted by atomic mass is 16.2. The van der Waals surface area contributed by atoms with Crippen molar-refractivity contribution in [2.24, 2.45) is 0 Å². The first kappa shape index (κ1) is 12.1. The van der Waals surface area contributed by atoms with Crippen molar-refractivity contribution in [1.82, 2.24) is 4.90 Å². The van der Waals surface area contributed by atoms with E-state index in [1.54, 1.807) is 31.3 Å². The van der Waals surface area contributed by atoms with Crippen molar-refractivity contribution < 1.29 is 9.59 Å². The summed E-state index contributed by atoms with van der Waals surface area (Å²) in [5.74, 6) is -0.987. The summed E-state index contributed by atoms with van der Waals surface area (Å²) in [7, 11) is 1.62. The van der Waals surface area contributed by atoms with Gasteiger partial charge in [0.2, 0.25) is 0 Å². The zero-order valence-electron chi connectivity index (χ0n) is 10.1. The molecule has 2 amide bonds. The highest BCUT2D eigenvalue weighted by molar-refractivity contribution is 6.40. The van der Waals surface area contributed by atoms with E-state index in [9.17, 15) is 9.59 Å². The molecule has 0 bridgehead atoms. The molecule has 1 aliphatic heterocycles. The molecule has 5 heteroatoms. The summed E-state index contributed by atoms with van der Waals surface area (Å²) < 4.78 is 0. The van der Waals surface area contributed by atoms with Gasteiger partial charge in [-0.15, -0.1) is 0 Å². The average Bonchev–Trinajstić information content (AvgIpc) is 2.38. The van der Waals surface area contributed by atoms with Gasteiger partial charge in [0.25, 0.3) is 0 Å². The lowest BCUT2D eigenvalue weighted by atomic mass is 10.1. The zero-order chi connectivity index (χ0) is 13.1. The van der Waals surface area contributed by atoms with Crippen molar-refractivity contribution in [2.45, 2.75) is 6.42 Å². The molecule has 2 rings (SSSR count). The molecule has 0 saturated carbocycles. The normalized spacial score (nSPS) is 15.8. The Morgan fingerprint density at radius 2 is 1.83 bits per heavy atom. The van der Waals surface area contributed by atoms with Crippen LogP contribution in [0.1, 0.15) is 5.56 Å². The molecule has 0 atom stereocenters. The molecule has 1 aromatic rings. The molecule has 1 heterocycles. The first-order chi connectivity index (χ1) is 8.63. The maximum Gasteiger partial charge on any atom is 0.316 e. The van der Waals surface area contributed by atoms with Crippen LogP contribution in [0.5, 0.6) is 0 Å². The van der Waals surface area contributed by atoms with Crippen LogP contribution in [-0.2, 0) is 16.0 Å². The third kappa shape index (κ3) is 2.18. The van der Waals surface area contributed by atoms with E-state index in [2.05, 4.69) is 6.07 Å². The zero-order valence-corrected chi connectivity index (χ0v) is 10.1. The van der Waals surface area contributed by atoms with E-state index in [0.717, 1.165) is 5.56 Å². The number of benzene rings is 1. The highest BCUT2D eigenvalue weighted by Gasteiger charge is 2.30. The summed E-state index contributed by atoms with van der Waals surface area (Å²) >= 11 is 0. The standard InChI is InChI=1S/C13H13N3O2/c1-15-8-9-16(13(18)12(15)17)11-4-2-10(3-5-11)6-7-14/h2-5H,6,8-9H2,1H3. The molecule has 1 aliphatic rings. The van der Waals surface area contributed by atoms with Crippen LogP contribution in [-0.4, -0.2) is 36.9 Å². The predicted molar refractivity (Wildman–Crippen MR) is 65.7 cm³/mol. The third-order valence-corrected chi connectivity index (χ3v) is 2.97. The van der Waals surface area contributed by atoms with Gasteiger partial charge < -0.3 is 9.80 Å². The Hall–Kier alpha value is -2.35. The molecule has 0 spiro atoms. The number of hydrogen-bond donors (Lipinski definition) is 0. The van der Waals surface area contributed by atoms with E-state index < -0.39 is 11.8 Å². The third-order valence-electron chi connectivity index (χ3n) is 2.97. The van der Waals surface area contributed by atoms with E-state index >= 15 is 0 Å². The van der Waals surface area contributed by atoms with Gasteiger partial charge in [0.05, 0.1) is 12.5 Å². The van der Waals surface area contributed by atoms with Crippen molar-refractivity contribution >= 4 is 17.5 Å². The molecule has 1 fully saturated rings. The molecule has 0 aromatic heterocycles. The molecule has 92 valence electrons. The number of nitriles is 1. The lowest BCUT2D eigenvalue weighted by Crippen LogP contribution is -2.53. The Balaban J connectivity index is 2.19. The molecule has 18 heavy (non-hydrogen) atoms. The topological polar surface area (TPSA) is 64.4 Å². The van der Waals surface area contributed by atoms with E-state index in [1.807, 2.05) is 0 Å². The molecule has 5 nitrogen and oxygen atoms in total. The monoisotopic (exact) mass is 243 g/mol. The number of likely N-dealkylation sites (N-methyl/N-ethyl adjacent to an activating group) is 1. The second kappa shape index (κ2) is 4.88. The Kier molecular flexibility index (Phi) is 3.28. The van der Waals surface area contributed by atoms with Crippen LogP contribution in [0.2, 0.25) is 0 Å². The number of rotatable bonds is 2. The summed E-state index contributed by atoms with van der Waals surface area (Å²) in [6, 6.07) is 9.20. The van der Waals surface area contributed by atoms with Gasteiger partial charge in [-0.25, -0.2) is 0 Å². The van der Waals surface area contributed by atoms with E-state index in [-0.39, 0.29) is 0 Å². The lowest BCUT2D eigenvalue weighted by Gasteiger charge is -2.31. The second-order valence-electron chi connectivity index (χ2n) is 4.18. The number of anilines is 1. The highest BCUT2D eigenvalue weighted by Crippen LogP contribution is 2.18. The van der Waals surface area contributed by atoms with E-state index in [4.69, 9.17) is 5.26 Å². The Morgan fingerprint density at radius 3 is 2.44 bits per heavy atom. The van der Waals surface area contributed by atoms with Crippen LogP contribution in [0.3, 0.4) is 0 Å². The van der Waals surface area contributed by atoms with Crippen molar-refractivity contribution in [3.63, 3.8) is 0 Å². The fraction of sp³-hybridized carbons (Fsp3) is 0.308. The lowest BCUT2D eigenvalue weighted by molar-refractivity contribution is -0.145. The summed E-state index contributed by atoms with van der Waals surface area (Å²) in [5, 5.41) is 8.58. The molecular formula is C13H13N3O2. The van der Waals surface area contributed by atoms with Gasteiger partial charge in [0.15, 0.2) is 0 Å². The number of hydrogen-bond acceptors (Lipinski definition) is 3. The quantitative estimate of drug-likeness (QED) is 0.713. The number of piperazine rings is 1. The van der Waals surface area contributed by atoms with Crippen molar-refractivity contribution in [3.05, 3.63) is 29.8 Å². The van der Waals surface area contributed by atoms with Crippen molar-refractivity contribution in [2.75, 3.05) is 25.0 Å². The first-order valence-corrected chi connectivity index (χ1v) is 5.66. The Morgan fingerprint density at radius 1 is 1.17 bits per heavy atom. The Bertz CT molecular complexity index is 516. The number of carbonyl (C=O) groups excluding carboxylic acids is 2. The summed E-state index contributed by atoms with van der Waals surface area (Å²) in [6.45, 7) is 1.03. The minimum Gasteiger partial charge on any atom is -0.336 e. The first-order valence-electron chi connectivity index (χ1n) is 5.66. The Labute approximate surface area is 105 Å². The predicted octanol–water partition coefficient (Wildman–Crippen LogP) is 0.558. The van der Waals surface area contributed by atoms with Gasteiger partial charge in [-0.05, 0) is 17.7 Å². The van der Waals surface area contributed by atoms with Gasteiger partial charge in [-0.3, -0.25) is 9.59 Å². The maximum absolute atomic E-state index is 11.8. The van der Waals surface area contributed by atoms with E-state index in [0.29, 0.717) is 25.2 Å².